The van der Waals surface area contributed by atoms with Gasteiger partial charge in [0, 0.05) is 39.5 Å². The summed E-state index contributed by atoms with van der Waals surface area (Å²) in [5.41, 5.74) is 1.40. The second kappa shape index (κ2) is 10.0. The molecule has 200 valence electrons. The van der Waals surface area contributed by atoms with Crippen molar-refractivity contribution in [1.29, 1.82) is 0 Å². The van der Waals surface area contributed by atoms with Crippen molar-refractivity contribution in [2.45, 2.75) is 44.6 Å². The van der Waals surface area contributed by atoms with Gasteiger partial charge < -0.3 is 24.6 Å². The highest BCUT2D eigenvalue weighted by molar-refractivity contribution is 6.06. The van der Waals surface area contributed by atoms with E-state index in [1.807, 2.05) is 18.9 Å². The number of likely N-dealkylation sites (N-methyl/N-ethyl adjacent to an activating group) is 1. The normalized spacial score (nSPS) is 17.7. The SMILES string of the molecule is CO[C@H](C)[C@H]1C(=O)N2CCCc3nc(NCc4ccc(Oc5ccc(C(F)(F)F)nc5)nc4)nc(c32)N1C. The van der Waals surface area contributed by atoms with Crippen molar-refractivity contribution in [3.8, 4) is 11.6 Å². The molecule has 1 N–H and O–H groups in total. The molecule has 0 bridgehead atoms. The lowest BCUT2D eigenvalue weighted by molar-refractivity contribution is -0.141. The number of methoxy groups -OCH3 is 1. The Labute approximate surface area is 216 Å². The summed E-state index contributed by atoms with van der Waals surface area (Å²) in [6, 6.07) is 4.94. The van der Waals surface area contributed by atoms with Gasteiger partial charge in [0.15, 0.2) is 5.82 Å². The first-order valence-corrected chi connectivity index (χ1v) is 12.0. The lowest BCUT2D eigenvalue weighted by Crippen LogP contribution is -2.58. The maximum atomic E-state index is 13.2. The van der Waals surface area contributed by atoms with E-state index in [4.69, 9.17) is 14.5 Å². The van der Waals surface area contributed by atoms with Gasteiger partial charge in [-0.25, -0.2) is 15.0 Å². The minimum absolute atomic E-state index is 0.0138. The molecule has 3 aromatic rings. The van der Waals surface area contributed by atoms with Crippen LogP contribution in [0.1, 0.15) is 30.3 Å². The summed E-state index contributed by atoms with van der Waals surface area (Å²) in [5, 5.41) is 3.22. The van der Waals surface area contributed by atoms with E-state index in [1.54, 1.807) is 30.3 Å². The molecule has 3 aromatic heterocycles. The largest absolute Gasteiger partial charge is 0.437 e. The van der Waals surface area contributed by atoms with Gasteiger partial charge in [-0.3, -0.25) is 4.79 Å². The number of hydrogen-bond acceptors (Lipinski definition) is 9. The summed E-state index contributed by atoms with van der Waals surface area (Å²) in [6.45, 7) is 2.86. The van der Waals surface area contributed by atoms with Gasteiger partial charge in [-0.1, -0.05) is 6.07 Å². The molecule has 2 aliphatic heterocycles. The van der Waals surface area contributed by atoms with E-state index >= 15 is 0 Å². The van der Waals surface area contributed by atoms with Gasteiger partial charge >= 0.3 is 6.18 Å². The Kier molecular flexibility index (Phi) is 6.78. The molecular weight excluding hydrogens is 503 g/mol. The van der Waals surface area contributed by atoms with E-state index in [-0.39, 0.29) is 23.6 Å². The number of pyridine rings is 2. The van der Waals surface area contributed by atoms with Crippen LogP contribution in [0.3, 0.4) is 0 Å². The molecule has 2 atom stereocenters. The number of carbonyl (C=O) groups is 1. The number of halogens is 3. The molecule has 5 heterocycles. The van der Waals surface area contributed by atoms with Crippen molar-refractivity contribution < 1.29 is 27.4 Å². The molecule has 2 aliphatic rings. The fraction of sp³-hybridized carbons (Fsp3) is 0.400. The molecule has 0 aromatic carbocycles. The Morgan fingerprint density at radius 3 is 2.63 bits per heavy atom. The molecule has 0 radical (unpaired) electrons. The van der Waals surface area contributed by atoms with Crippen LogP contribution < -0.4 is 19.9 Å². The first kappa shape index (κ1) is 25.6. The Bertz CT molecular complexity index is 1320. The van der Waals surface area contributed by atoms with Crippen LogP contribution in [0.4, 0.5) is 30.6 Å². The van der Waals surface area contributed by atoms with Crippen LogP contribution in [0.2, 0.25) is 0 Å². The Morgan fingerprint density at radius 2 is 1.97 bits per heavy atom. The second-order valence-corrected chi connectivity index (χ2v) is 9.09. The molecule has 0 unspecified atom stereocenters. The maximum absolute atomic E-state index is 13.2. The number of aromatic nitrogens is 4. The van der Waals surface area contributed by atoms with Crippen molar-refractivity contribution in [1.82, 2.24) is 19.9 Å². The van der Waals surface area contributed by atoms with Crippen LogP contribution in [-0.2, 0) is 28.7 Å². The van der Waals surface area contributed by atoms with Gasteiger partial charge in [0.1, 0.15) is 23.2 Å². The van der Waals surface area contributed by atoms with E-state index in [0.29, 0.717) is 24.9 Å². The molecule has 0 spiro atoms. The minimum Gasteiger partial charge on any atom is -0.437 e. The highest BCUT2D eigenvalue weighted by atomic mass is 19.4. The fourth-order valence-electron chi connectivity index (χ4n) is 4.59. The summed E-state index contributed by atoms with van der Waals surface area (Å²) in [6.07, 6.45) is -0.682. The zero-order chi connectivity index (χ0) is 27.0. The van der Waals surface area contributed by atoms with E-state index in [2.05, 4.69) is 20.3 Å². The van der Waals surface area contributed by atoms with Crippen molar-refractivity contribution in [3.05, 3.63) is 53.6 Å². The first-order valence-electron chi connectivity index (χ1n) is 12.0. The lowest BCUT2D eigenvalue weighted by Gasteiger charge is -2.44. The third-order valence-corrected chi connectivity index (χ3v) is 6.59. The highest BCUT2D eigenvalue weighted by Gasteiger charge is 2.43. The Morgan fingerprint density at radius 1 is 1.16 bits per heavy atom. The van der Waals surface area contributed by atoms with Gasteiger partial charge in [0.2, 0.25) is 11.8 Å². The molecule has 38 heavy (non-hydrogen) atoms. The van der Waals surface area contributed by atoms with Crippen LogP contribution in [0.25, 0.3) is 0 Å². The number of anilines is 3. The average Bonchev–Trinajstić information content (AvgIpc) is 2.91. The topological polar surface area (TPSA) is 106 Å². The lowest BCUT2D eigenvalue weighted by atomic mass is 9.99. The molecule has 0 saturated carbocycles. The number of rotatable bonds is 7. The standard InChI is InChI=1S/C25H26F3N7O3/c1-14(37-3)20-23(36)35-10-4-5-17-21(35)22(34(20)2)33-24(32-17)31-12-15-6-9-19(30-11-15)38-16-7-8-18(29-13-16)25(26,27)28/h6-9,11,13-14,20H,4-5,10,12H2,1-3H3,(H,31,32,33)/t14-,20+/m1/s1. The van der Waals surface area contributed by atoms with E-state index in [0.717, 1.165) is 42.0 Å². The molecular formula is C25H26F3N7O3. The fourth-order valence-corrected chi connectivity index (χ4v) is 4.59. The highest BCUT2D eigenvalue weighted by Crippen LogP contribution is 2.40. The van der Waals surface area contributed by atoms with Crippen molar-refractivity contribution in [2.24, 2.45) is 0 Å². The van der Waals surface area contributed by atoms with Gasteiger partial charge in [0.25, 0.3) is 5.91 Å². The zero-order valence-corrected chi connectivity index (χ0v) is 21.0. The van der Waals surface area contributed by atoms with Crippen LogP contribution >= 0.6 is 0 Å². The molecule has 13 heteroatoms. The smallest absolute Gasteiger partial charge is 0.433 e. The van der Waals surface area contributed by atoms with Crippen LogP contribution in [-0.4, -0.2) is 58.7 Å². The summed E-state index contributed by atoms with van der Waals surface area (Å²) in [7, 11) is 3.42. The number of nitrogens with zero attached hydrogens (tertiary/aromatic N) is 6. The predicted octanol–water partition coefficient (Wildman–Crippen LogP) is 3.82. The molecule has 1 amide bonds. The number of alkyl halides is 3. The minimum atomic E-state index is -4.51. The van der Waals surface area contributed by atoms with E-state index < -0.39 is 17.9 Å². The van der Waals surface area contributed by atoms with Gasteiger partial charge in [-0.2, -0.15) is 18.2 Å². The monoisotopic (exact) mass is 529 g/mol. The van der Waals surface area contributed by atoms with Gasteiger partial charge in [0.05, 0.1) is 18.0 Å². The number of ether oxygens (including phenoxy) is 2. The summed E-state index contributed by atoms with van der Waals surface area (Å²) < 4.78 is 49.0. The summed E-state index contributed by atoms with van der Waals surface area (Å²) in [4.78, 5) is 33.8. The molecule has 5 rings (SSSR count). The average molecular weight is 530 g/mol. The Hall–Kier alpha value is -4.00. The van der Waals surface area contributed by atoms with Gasteiger partial charge in [-0.15, -0.1) is 0 Å². The number of hydrogen-bond donors (Lipinski definition) is 1. The zero-order valence-electron chi connectivity index (χ0n) is 21.0. The quantitative estimate of drug-likeness (QED) is 0.489. The number of aryl methyl sites for hydroxylation is 1. The number of amides is 1. The molecule has 0 aliphatic carbocycles. The first-order chi connectivity index (χ1) is 18.2. The van der Waals surface area contributed by atoms with E-state index in [9.17, 15) is 18.0 Å². The van der Waals surface area contributed by atoms with Crippen LogP contribution in [0, 0.1) is 0 Å². The van der Waals surface area contributed by atoms with Crippen molar-refractivity contribution in [2.75, 3.05) is 35.8 Å². The molecule has 0 saturated heterocycles. The maximum Gasteiger partial charge on any atom is 0.433 e. The third-order valence-electron chi connectivity index (χ3n) is 6.59. The summed E-state index contributed by atoms with van der Waals surface area (Å²) >= 11 is 0. The number of carbonyl (C=O) groups excluding carboxylic acids is 1. The van der Waals surface area contributed by atoms with Gasteiger partial charge in [-0.05, 0) is 37.5 Å². The van der Waals surface area contributed by atoms with Crippen molar-refractivity contribution in [3.63, 3.8) is 0 Å². The number of nitrogens with one attached hydrogen (secondary N) is 1. The van der Waals surface area contributed by atoms with Crippen LogP contribution in [0.5, 0.6) is 11.6 Å². The van der Waals surface area contributed by atoms with Crippen molar-refractivity contribution >= 4 is 23.4 Å². The molecule has 10 nitrogen and oxygen atoms in total. The Balaban J connectivity index is 1.29. The summed E-state index contributed by atoms with van der Waals surface area (Å²) in [5.74, 6) is 1.46. The predicted molar refractivity (Wildman–Crippen MR) is 132 cm³/mol. The molecule has 0 fully saturated rings. The van der Waals surface area contributed by atoms with Crippen LogP contribution in [0.15, 0.2) is 36.7 Å². The third kappa shape index (κ3) is 4.93. The van der Waals surface area contributed by atoms with E-state index in [1.165, 1.54) is 6.07 Å². The second-order valence-electron chi connectivity index (χ2n) is 9.09.